The van der Waals surface area contributed by atoms with E-state index in [1.165, 1.54) is 19.3 Å². The monoisotopic (exact) mass is 140 g/mol. The highest BCUT2D eigenvalue weighted by Crippen LogP contribution is 2.68. The molecular weight excluding hydrogens is 124 g/mol. The predicted octanol–water partition coefficient (Wildman–Crippen LogP) is 2.21. The quantitative estimate of drug-likeness (QED) is 0.501. The van der Waals surface area contributed by atoms with Gasteiger partial charge >= 0.3 is 0 Å². The molecule has 0 aromatic heterocycles. The molecule has 0 radical (unpaired) electrons. The van der Waals surface area contributed by atoms with Gasteiger partial charge in [0, 0.05) is 13.2 Å². The van der Waals surface area contributed by atoms with E-state index in [9.17, 15) is 0 Å². The summed E-state index contributed by atoms with van der Waals surface area (Å²) >= 11 is 0. The average Bonchev–Trinajstić information content (AvgIpc) is 2.36. The third-order valence-corrected chi connectivity index (χ3v) is 3.54. The number of rotatable bonds is 0. The molecule has 2 rings (SSSR count). The van der Waals surface area contributed by atoms with Gasteiger partial charge < -0.3 is 4.74 Å². The first-order valence-corrected chi connectivity index (χ1v) is 4.24. The van der Waals surface area contributed by atoms with E-state index in [0.29, 0.717) is 10.8 Å². The Labute approximate surface area is 62.8 Å². The minimum Gasteiger partial charge on any atom is -0.381 e. The summed E-state index contributed by atoms with van der Waals surface area (Å²) in [4.78, 5) is 0. The lowest BCUT2D eigenvalue weighted by Crippen LogP contribution is -2.20. The van der Waals surface area contributed by atoms with Crippen molar-refractivity contribution in [2.24, 2.45) is 10.8 Å². The molecule has 2 fully saturated rings. The maximum absolute atomic E-state index is 5.34. The van der Waals surface area contributed by atoms with Gasteiger partial charge in [-0.05, 0) is 30.1 Å². The minimum atomic E-state index is 0.636. The summed E-state index contributed by atoms with van der Waals surface area (Å²) in [5.41, 5.74) is 1.34. The van der Waals surface area contributed by atoms with Crippen LogP contribution in [0.15, 0.2) is 0 Å². The molecule has 1 heterocycles. The molecule has 1 saturated carbocycles. The van der Waals surface area contributed by atoms with E-state index in [1.807, 2.05) is 0 Å². The van der Waals surface area contributed by atoms with Crippen molar-refractivity contribution in [2.45, 2.75) is 33.1 Å². The lowest BCUT2D eigenvalue weighted by molar-refractivity contribution is 0.0449. The van der Waals surface area contributed by atoms with Gasteiger partial charge in [-0.25, -0.2) is 0 Å². The summed E-state index contributed by atoms with van der Waals surface area (Å²) in [7, 11) is 0. The van der Waals surface area contributed by atoms with Crippen molar-refractivity contribution in [2.75, 3.05) is 13.2 Å². The normalized spacial score (nSPS) is 34.2. The van der Waals surface area contributed by atoms with Crippen LogP contribution in [0.5, 0.6) is 0 Å². The standard InChI is InChI=1S/C9H16O/c1-8(2)7-9(8)3-5-10-6-4-9/h3-7H2,1-2H3. The molecule has 1 aliphatic carbocycles. The largest absolute Gasteiger partial charge is 0.381 e. The average molecular weight is 140 g/mol. The van der Waals surface area contributed by atoms with Crippen molar-refractivity contribution in [3.63, 3.8) is 0 Å². The second-order valence-corrected chi connectivity index (χ2v) is 4.45. The maximum atomic E-state index is 5.34. The van der Waals surface area contributed by atoms with E-state index in [4.69, 9.17) is 4.74 Å². The van der Waals surface area contributed by atoms with Crippen LogP contribution in [0.2, 0.25) is 0 Å². The molecular formula is C9H16O. The topological polar surface area (TPSA) is 9.23 Å². The molecule has 2 aliphatic rings. The Morgan fingerprint density at radius 2 is 1.60 bits per heavy atom. The van der Waals surface area contributed by atoms with Gasteiger partial charge in [0.15, 0.2) is 0 Å². The molecule has 1 heteroatoms. The predicted molar refractivity (Wildman–Crippen MR) is 40.9 cm³/mol. The Kier molecular flexibility index (Phi) is 1.17. The van der Waals surface area contributed by atoms with Gasteiger partial charge in [0.1, 0.15) is 0 Å². The molecule has 0 unspecified atom stereocenters. The highest BCUT2D eigenvalue weighted by molar-refractivity contribution is 5.09. The Morgan fingerprint density at radius 3 is 1.90 bits per heavy atom. The molecule has 0 aromatic rings. The number of ether oxygens (including phenoxy) is 1. The van der Waals surface area contributed by atoms with E-state index in [-0.39, 0.29) is 0 Å². The second-order valence-electron chi connectivity index (χ2n) is 4.45. The number of hydrogen-bond donors (Lipinski definition) is 0. The van der Waals surface area contributed by atoms with Crippen molar-refractivity contribution in [3.8, 4) is 0 Å². The Balaban J connectivity index is 2.05. The van der Waals surface area contributed by atoms with E-state index < -0.39 is 0 Å². The summed E-state index contributed by atoms with van der Waals surface area (Å²) in [5, 5.41) is 0. The zero-order valence-corrected chi connectivity index (χ0v) is 6.94. The lowest BCUT2D eigenvalue weighted by atomic mass is 9.88. The molecule has 0 atom stereocenters. The van der Waals surface area contributed by atoms with E-state index >= 15 is 0 Å². The van der Waals surface area contributed by atoms with Gasteiger partial charge in [0.05, 0.1) is 0 Å². The fourth-order valence-electron chi connectivity index (χ4n) is 2.42. The molecule has 0 bridgehead atoms. The van der Waals surface area contributed by atoms with Crippen molar-refractivity contribution in [1.29, 1.82) is 0 Å². The molecule has 1 saturated heterocycles. The fourth-order valence-corrected chi connectivity index (χ4v) is 2.42. The zero-order valence-electron chi connectivity index (χ0n) is 6.94. The first-order valence-electron chi connectivity index (χ1n) is 4.24. The van der Waals surface area contributed by atoms with Crippen LogP contribution in [-0.2, 0) is 4.74 Å². The molecule has 0 aromatic carbocycles. The van der Waals surface area contributed by atoms with Gasteiger partial charge in [-0.3, -0.25) is 0 Å². The van der Waals surface area contributed by atoms with E-state index in [2.05, 4.69) is 13.8 Å². The second kappa shape index (κ2) is 1.76. The smallest absolute Gasteiger partial charge is 0.0471 e. The van der Waals surface area contributed by atoms with Crippen LogP contribution in [0.4, 0.5) is 0 Å². The Morgan fingerprint density at radius 1 is 1.10 bits per heavy atom. The van der Waals surface area contributed by atoms with Crippen molar-refractivity contribution in [3.05, 3.63) is 0 Å². The lowest BCUT2D eigenvalue weighted by Gasteiger charge is -2.25. The van der Waals surface area contributed by atoms with Crippen LogP contribution in [0.3, 0.4) is 0 Å². The van der Waals surface area contributed by atoms with Gasteiger partial charge in [0.25, 0.3) is 0 Å². The summed E-state index contributed by atoms with van der Waals surface area (Å²) in [5.74, 6) is 0. The van der Waals surface area contributed by atoms with Gasteiger partial charge in [-0.15, -0.1) is 0 Å². The summed E-state index contributed by atoms with van der Waals surface area (Å²) in [6.07, 6.45) is 4.04. The fraction of sp³-hybridized carbons (Fsp3) is 1.00. The van der Waals surface area contributed by atoms with Gasteiger partial charge in [0.2, 0.25) is 0 Å². The van der Waals surface area contributed by atoms with Crippen LogP contribution in [0.1, 0.15) is 33.1 Å². The van der Waals surface area contributed by atoms with Crippen LogP contribution in [-0.4, -0.2) is 13.2 Å². The third kappa shape index (κ3) is 0.731. The zero-order chi connectivity index (χ0) is 7.24. The van der Waals surface area contributed by atoms with Crippen molar-refractivity contribution < 1.29 is 4.74 Å². The van der Waals surface area contributed by atoms with Gasteiger partial charge in [-0.2, -0.15) is 0 Å². The highest BCUT2D eigenvalue weighted by Gasteiger charge is 2.60. The summed E-state index contributed by atoms with van der Waals surface area (Å²) in [6, 6.07) is 0. The molecule has 1 aliphatic heterocycles. The van der Waals surface area contributed by atoms with Gasteiger partial charge in [-0.1, -0.05) is 13.8 Å². The van der Waals surface area contributed by atoms with Crippen molar-refractivity contribution in [1.82, 2.24) is 0 Å². The van der Waals surface area contributed by atoms with Crippen molar-refractivity contribution >= 4 is 0 Å². The summed E-state index contributed by atoms with van der Waals surface area (Å²) < 4.78 is 5.34. The molecule has 10 heavy (non-hydrogen) atoms. The third-order valence-electron chi connectivity index (χ3n) is 3.54. The van der Waals surface area contributed by atoms with E-state index in [1.54, 1.807) is 0 Å². The van der Waals surface area contributed by atoms with Crippen LogP contribution in [0, 0.1) is 10.8 Å². The highest BCUT2D eigenvalue weighted by atomic mass is 16.5. The molecule has 0 N–H and O–H groups in total. The molecule has 58 valence electrons. The van der Waals surface area contributed by atoms with Crippen LogP contribution in [0.25, 0.3) is 0 Å². The molecule has 0 amide bonds. The van der Waals surface area contributed by atoms with Crippen LogP contribution >= 0.6 is 0 Å². The SMILES string of the molecule is CC1(C)CC12CCOCC2. The molecule has 1 spiro atoms. The van der Waals surface area contributed by atoms with Crippen LogP contribution < -0.4 is 0 Å². The minimum absolute atomic E-state index is 0.636. The maximum Gasteiger partial charge on any atom is 0.0471 e. The molecule has 1 nitrogen and oxygen atoms in total. The first kappa shape index (κ1) is 6.66. The Hall–Kier alpha value is -0.0400. The number of hydrogen-bond acceptors (Lipinski definition) is 1. The first-order chi connectivity index (χ1) is 4.66. The Bertz CT molecular complexity index is 143. The van der Waals surface area contributed by atoms with E-state index in [0.717, 1.165) is 13.2 Å². The summed E-state index contributed by atoms with van der Waals surface area (Å²) in [6.45, 7) is 6.78.